The van der Waals surface area contributed by atoms with Gasteiger partial charge >= 0.3 is 0 Å². The molecule has 2 rings (SSSR count). The standard InChI is InChI=1S/C13H16FN3O/c1-9-7-12-10(8-11(9)14)13(15-17(12)3)16(2)5-4-6-18/h6-8H,4-5H2,1-3H3. The van der Waals surface area contributed by atoms with Crippen LogP contribution in [-0.4, -0.2) is 29.7 Å². The first kappa shape index (κ1) is 12.5. The first-order chi connectivity index (χ1) is 8.54. The van der Waals surface area contributed by atoms with Crippen molar-refractivity contribution in [2.75, 3.05) is 18.5 Å². The van der Waals surface area contributed by atoms with Crippen LogP contribution in [0.3, 0.4) is 0 Å². The third kappa shape index (κ3) is 2.08. The van der Waals surface area contributed by atoms with Gasteiger partial charge in [0.1, 0.15) is 12.1 Å². The second kappa shape index (κ2) is 4.76. The van der Waals surface area contributed by atoms with Crippen molar-refractivity contribution in [3.8, 4) is 0 Å². The summed E-state index contributed by atoms with van der Waals surface area (Å²) < 4.78 is 15.4. The summed E-state index contributed by atoms with van der Waals surface area (Å²) in [4.78, 5) is 12.3. The molecule has 2 aromatic rings. The maximum absolute atomic E-state index is 13.6. The molecule has 0 amide bonds. The number of aromatic nitrogens is 2. The summed E-state index contributed by atoms with van der Waals surface area (Å²) in [6.45, 7) is 2.31. The summed E-state index contributed by atoms with van der Waals surface area (Å²) in [5, 5.41) is 5.16. The lowest BCUT2D eigenvalue weighted by Gasteiger charge is -2.14. The van der Waals surface area contributed by atoms with Crippen LogP contribution in [0.25, 0.3) is 10.9 Å². The third-order valence-electron chi connectivity index (χ3n) is 3.06. The first-order valence-corrected chi connectivity index (χ1v) is 5.82. The smallest absolute Gasteiger partial charge is 0.158 e. The van der Waals surface area contributed by atoms with E-state index in [9.17, 15) is 9.18 Å². The van der Waals surface area contributed by atoms with Crippen molar-refractivity contribution >= 4 is 23.0 Å². The van der Waals surface area contributed by atoms with Crippen LogP contribution in [0, 0.1) is 12.7 Å². The second-order valence-electron chi connectivity index (χ2n) is 4.44. The number of halogens is 1. The van der Waals surface area contributed by atoms with Gasteiger partial charge in [-0.3, -0.25) is 4.68 Å². The Morgan fingerprint density at radius 1 is 1.50 bits per heavy atom. The van der Waals surface area contributed by atoms with E-state index in [-0.39, 0.29) is 5.82 Å². The van der Waals surface area contributed by atoms with Gasteiger partial charge in [-0.05, 0) is 24.6 Å². The molecule has 0 aliphatic carbocycles. The van der Waals surface area contributed by atoms with Gasteiger partial charge in [0, 0.05) is 32.4 Å². The van der Waals surface area contributed by atoms with Crippen molar-refractivity contribution in [2.24, 2.45) is 7.05 Å². The number of carbonyl (C=O) groups excluding carboxylic acids is 1. The predicted octanol–water partition coefficient (Wildman–Crippen LogP) is 2.05. The minimum Gasteiger partial charge on any atom is -0.357 e. The van der Waals surface area contributed by atoms with Crippen LogP contribution in [0.5, 0.6) is 0 Å². The van der Waals surface area contributed by atoms with E-state index in [4.69, 9.17) is 0 Å². The zero-order valence-corrected chi connectivity index (χ0v) is 10.8. The van der Waals surface area contributed by atoms with Gasteiger partial charge in [-0.2, -0.15) is 5.10 Å². The van der Waals surface area contributed by atoms with Crippen molar-refractivity contribution in [1.29, 1.82) is 0 Å². The molecule has 1 aromatic carbocycles. The number of rotatable bonds is 4. The molecule has 0 saturated heterocycles. The Hall–Kier alpha value is -1.91. The van der Waals surface area contributed by atoms with Gasteiger partial charge in [-0.25, -0.2) is 4.39 Å². The fourth-order valence-electron chi connectivity index (χ4n) is 2.00. The number of benzene rings is 1. The van der Waals surface area contributed by atoms with Crippen LogP contribution in [0.1, 0.15) is 12.0 Å². The van der Waals surface area contributed by atoms with Crippen LogP contribution >= 0.6 is 0 Å². The lowest BCUT2D eigenvalue weighted by Crippen LogP contribution is -2.19. The minimum absolute atomic E-state index is 0.236. The van der Waals surface area contributed by atoms with Crippen molar-refractivity contribution < 1.29 is 9.18 Å². The number of hydrogen-bond acceptors (Lipinski definition) is 3. The van der Waals surface area contributed by atoms with Crippen molar-refractivity contribution in [1.82, 2.24) is 9.78 Å². The van der Waals surface area contributed by atoms with E-state index in [0.717, 1.165) is 17.2 Å². The number of hydrogen-bond donors (Lipinski definition) is 0. The molecule has 0 atom stereocenters. The van der Waals surface area contributed by atoms with Crippen LogP contribution in [0.2, 0.25) is 0 Å². The monoisotopic (exact) mass is 249 g/mol. The van der Waals surface area contributed by atoms with E-state index in [1.807, 2.05) is 19.0 Å². The Balaban J connectivity index is 2.51. The second-order valence-corrected chi connectivity index (χ2v) is 4.44. The van der Waals surface area contributed by atoms with Gasteiger partial charge < -0.3 is 9.69 Å². The molecule has 1 aromatic heterocycles. The van der Waals surface area contributed by atoms with Gasteiger partial charge in [0.05, 0.1) is 5.52 Å². The molecule has 5 heteroatoms. The highest BCUT2D eigenvalue weighted by Crippen LogP contribution is 2.27. The molecule has 0 aliphatic rings. The zero-order valence-electron chi connectivity index (χ0n) is 10.8. The van der Waals surface area contributed by atoms with Crippen LogP contribution < -0.4 is 4.90 Å². The maximum atomic E-state index is 13.6. The average Bonchev–Trinajstić information content (AvgIpc) is 2.65. The number of fused-ring (bicyclic) bond motifs is 1. The topological polar surface area (TPSA) is 38.1 Å². The molecule has 0 unspecified atom stereocenters. The van der Waals surface area contributed by atoms with Crippen molar-refractivity contribution in [2.45, 2.75) is 13.3 Å². The Kier molecular flexibility index (Phi) is 3.32. The van der Waals surface area contributed by atoms with Gasteiger partial charge in [0.2, 0.25) is 0 Å². The fraction of sp³-hybridized carbons (Fsp3) is 0.385. The highest BCUT2D eigenvalue weighted by Gasteiger charge is 2.14. The molecule has 0 saturated carbocycles. The van der Waals surface area contributed by atoms with E-state index in [2.05, 4.69) is 5.10 Å². The zero-order chi connectivity index (χ0) is 13.3. The molecule has 0 N–H and O–H groups in total. The molecule has 1 heterocycles. The van der Waals surface area contributed by atoms with Crippen LogP contribution in [0.4, 0.5) is 10.2 Å². The molecule has 0 spiro atoms. The van der Waals surface area contributed by atoms with E-state index in [1.165, 1.54) is 6.07 Å². The van der Waals surface area contributed by atoms with E-state index in [1.54, 1.807) is 17.7 Å². The Bertz CT molecular complexity index is 591. The summed E-state index contributed by atoms with van der Waals surface area (Å²) in [5.74, 6) is 0.466. The fourth-order valence-corrected chi connectivity index (χ4v) is 2.00. The predicted molar refractivity (Wildman–Crippen MR) is 69.4 cm³/mol. The summed E-state index contributed by atoms with van der Waals surface area (Å²) in [5.41, 5.74) is 1.49. The van der Waals surface area contributed by atoms with E-state index in [0.29, 0.717) is 24.3 Å². The van der Waals surface area contributed by atoms with Crippen LogP contribution in [0.15, 0.2) is 12.1 Å². The number of anilines is 1. The number of nitrogens with zero attached hydrogens (tertiary/aromatic N) is 3. The lowest BCUT2D eigenvalue weighted by atomic mass is 10.1. The van der Waals surface area contributed by atoms with Gasteiger partial charge in [-0.15, -0.1) is 0 Å². The largest absolute Gasteiger partial charge is 0.357 e. The molecular weight excluding hydrogens is 233 g/mol. The molecular formula is C13H16FN3O. The highest BCUT2D eigenvalue weighted by atomic mass is 19.1. The quantitative estimate of drug-likeness (QED) is 0.778. The van der Waals surface area contributed by atoms with E-state index < -0.39 is 0 Å². The SMILES string of the molecule is Cc1cc2c(cc1F)c(N(C)CCC=O)nn2C. The average molecular weight is 249 g/mol. The number of aryl methyl sites for hydroxylation is 2. The Morgan fingerprint density at radius 2 is 2.22 bits per heavy atom. The molecule has 0 aliphatic heterocycles. The molecule has 4 nitrogen and oxygen atoms in total. The van der Waals surface area contributed by atoms with Crippen molar-refractivity contribution in [3.05, 3.63) is 23.5 Å². The highest BCUT2D eigenvalue weighted by molar-refractivity contribution is 5.91. The van der Waals surface area contributed by atoms with Gasteiger partial charge in [-0.1, -0.05) is 0 Å². The maximum Gasteiger partial charge on any atom is 0.158 e. The summed E-state index contributed by atoms with van der Waals surface area (Å²) in [7, 11) is 3.68. The molecule has 0 fully saturated rings. The first-order valence-electron chi connectivity index (χ1n) is 5.82. The molecule has 18 heavy (non-hydrogen) atoms. The van der Waals surface area contributed by atoms with Gasteiger partial charge in [0.25, 0.3) is 0 Å². The molecule has 96 valence electrons. The third-order valence-corrected chi connectivity index (χ3v) is 3.06. The molecule has 0 radical (unpaired) electrons. The Morgan fingerprint density at radius 3 is 2.89 bits per heavy atom. The number of carbonyl (C=O) groups is 1. The summed E-state index contributed by atoms with van der Waals surface area (Å²) >= 11 is 0. The van der Waals surface area contributed by atoms with Crippen molar-refractivity contribution in [3.63, 3.8) is 0 Å². The molecule has 0 bridgehead atoms. The number of aldehydes is 1. The normalized spacial score (nSPS) is 10.9. The van der Waals surface area contributed by atoms with E-state index >= 15 is 0 Å². The minimum atomic E-state index is -0.236. The van der Waals surface area contributed by atoms with Crippen LogP contribution in [-0.2, 0) is 11.8 Å². The summed E-state index contributed by atoms with van der Waals surface area (Å²) in [6, 6.07) is 3.29. The lowest BCUT2D eigenvalue weighted by molar-refractivity contribution is -0.107. The van der Waals surface area contributed by atoms with Gasteiger partial charge in [0.15, 0.2) is 5.82 Å². The Labute approximate surface area is 105 Å². The summed E-state index contributed by atoms with van der Waals surface area (Å²) in [6.07, 6.45) is 1.30.